The maximum Gasteiger partial charge on any atom is 0.0624 e. The second kappa shape index (κ2) is 6.37. The van der Waals surface area contributed by atoms with Gasteiger partial charge in [-0.2, -0.15) is 5.10 Å². The van der Waals surface area contributed by atoms with E-state index >= 15 is 0 Å². The fourth-order valence-electron chi connectivity index (χ4n) is 2.59. The average molecular weight is 250 g/mol. The molecular formula is C15H26N2O. The molecule has 0 saturated heterocycles. The monoisotopic (exact) mass is 250 g/mol. The van der Waals surface area contributed by atoms with Crippen LogP contribution < -0.4 is 0 Å². The van der Waals surface area contributed by atoms with E-state index in [1.165, 1.54) is 18.5 Å². The lowest BCUT2D eigenvalue weighted by atomic mass is 10.1. The zero-order chi connectivity index (χ0) is 13.0. The molecule has 0 aliphatic heterocycles. The van der Waals surface area contributed by atoms with Crippen LogP contribution in [0, 0.1) is 5.92 Å². The van der Waals surface area contributed by atoms with E-state index in [1.54, 1.807) is 0 Å². The summed E-state index contributed by atoms with van der Waals surface area (Å²) in [6, 6.07) is 2.66. The fourth-order valence-corrected chi connectivity index (χ4v) is 2.59. The Morgan fingerprint density at radius 3 is 2.72 bits per heavy atom. The van der Waals surface area contributed by atoms with Crippen molar-refractivity contribution < 1.29 is 5.11 Å². The van der Waals surface area contributed by atoms with Crippen LogP contribution in [0.15, 0.2) is 12.3 Å². The highest BCUT2D eigenvalue weighted by Gasteiger charge is 2.28. The van der Waals surface area contributed by atoms with E-state index in [9.17, 15) is 5.11 Å². The molecular weight excluding hydrogens is 224 g/mol. The molecule has 1 unspecified atom stereocenters. The Balaban J connectivity index is 1.75. The summed E-state index contributed by atoms with van der Waals surface area (Å²) in [6.45, 7) is 4.42. The Morgan fingerprint density at radius 1 is 1.39 bits per heavy atom. The summed E-state index contributed by atoms with van der Waals surface area (Å²) < 4.78 is 2.10. The number of aryl methyl sites for hydroxylation is 1. The van der Waals surface area contributed by atoms with Gasteiger partial charge in [0.2, 0.25) is 0 Å². The molecule has 1 atom stereocenters. The zero-order valence-electron chi connectivity index (χ0n) is 11.7. The molecule has 2 rings (SSSR count). The lowest BCUT2D eigenvalue weighted by Crippen LogP contribution is -2.10. The minimum absolute atomic E-state index is 0.0638. The summed E-state index contributed by atoms with van der Waals surface area (Å²) in [6.07, 6.45) is 9.75. The molecule has 0 amide bonds. The van der Waals surface area contributed by atoms with E-state index in [2.05, 4.69) is 35.9 Å². The Hall–Kier alpha value is -0.830. The van der Waals surface area contributed by atoms with Gasteiger partial charge < -0.3 is 5.11 Å². The highest BCUT2D eigenvalue weighted by atomic mass is 16.3. The minimum atomic E-state index is -0.0638. The van der Waals surface area contributed by atoms with Crippen LogP contribution in [0.5, 0.6) is 0 Å². The number of aliphatic hydroxyl groups excluding tert-OH is 1. The van der Waals surface area contributed by atoms with Crippen molar-refractivity contribution in [2.24, 2.45) is 5.92 Å². The van der Waals surface area contributed by atoms with Crippen LogP contribution in [-0.4, -0.2) is 21.0 Å². The second-order valence-corrected chi connectivity index (χ2v) is 5.55. The van der Waals surface area contributed by atoms with E-state index in [0.29, 0.717) is 12.0 Å². The third-order valence-electron chi connectivity index (χ3n) is 4.08. The van der Waals surface area contributed by atoms with Crippen LogP contribution in [0.3, 0.4) is 0 Å². The summed E-state index contributed by atoms with van der Waals surface area (Å²) in [5, 5.41) is 14.5. The van der Waals surface area contributed by atoms with E-state index in [4.69, 9.17) is 0 Å². The van der Waals surface area contributed by atoms with Gasteiger partial charge in [0.15, 0.2) is 0 Å². The Labute approximate surface area is 110 Å². The first-order valence-electron chi connectivity index (χ1n) is 7.46. The molecule has 1 aliphatic carbocycles. The standard InChI is InChI=1S/C15H26N2O/c1-3-14(4-2)17-11-10-13(16-17)6-5-7-15(18)12-8-9-12/h10-12,14-15,18H,3-9H2,1-2H3. The van der Waals surface area contributed by atoms with Crippen molar-refractivity contribution in [2.45, 2.75) is 70.9 Å². The van der Waals surface area contributed by atoms with Crippen molar-refractivity contribution in [3.8, 4) is 0 Å². The summed E-state index contributed by atoms with van der Waals surface area (Å²) in [7, 11) is 0. The topological polar surface area (TPSA) is 38.0 Å². The smallest absolute Gasteiger partial charge is 0.0624 e. The van der Waals surface area contributed by atoms with Gasteiger partial charge in [-0.1, -0.05) is 13.8 Å². The van der Waals surface area contributed by atoms with Gasteiger partial charge in [-0.05, 0) is 56.9 Å². The van der Waals surface area contributed by atoms with Crippen LogP contribution in [-0.2, 0) is 6.42 Å². The van der Waals surface area contributed by atoms with E-state index in [0.717, 1.165) is 32.1 Å². The third-order valence-corrected chi connectivity index (χ3v) is 4.08. The van der Waals surface area contributed by atoms with Crippen LogP contribution >= 0.6 is 0 Å². The lowest BCUT2D eigenvalue weighted by Gasteiger charge is -2.12. The molecule has 1 N–H and O–H groups in total. The minimum Gasteiger partial charge on any atom is -0.393 e. The van der Waals surface area contributed by atoms with Crippen molar-refractivity contribution >= 4 is 0 Å². The quantitative estimate of drug-likeness (QED) is 0.768. The van der Waals surface area contributed by atoms with E-state index in [-0.39, 0.29) is 6.10 Å². The van der Waals surface area contributed by atoms with Gasteiger partial charge >= 0.3 is 0 Å². The van der Waals surface area contributed by atoms with Crippen molar-refractivity contribution in [1.29, 1.82) is 0 Å². The lowest BCUT2D eigenvalue weighted by molar-refractivity contribution is 0.139. The first kappa shape index (κ1) is 13.6. The van der Waals surface area contributed by atoms with E-state index < -0.39 is 0 Å². The second-order valence-electron chi connectivity index (χ2n) is 5.55. The van der Waals surface area contributed by atoms with Gasteiger partial charge in [-0.25, -0.2) is 0 Å². The Morgan fingerprint density at radius 2 is 2.11 bits per heavy atom. The molecule has 0 spiro atoms. The molecule has 1 aliphatic rings. The van der Waals surface area contributed by atoms with Gasteiger partial charge in [0, 0.05) is 6.20 Å². The molecule has 1 aromatic rings. The number of aromatic nitrogens is 2. The van der Waals surface area contributed by atoms with Gasteiger partial charge in [0.25, 0.3) is 0 Å². The van der Waals surface area contributed by atoms with E-state index in [1.807, 2.05) is 0 Å². The third kappa shape index (κ3) is 3.58. The van der Waals surface area contributed by atoms with Gasteiger partial charge in [0.1, 0.15) is 0 Å². The largest absolute Gasteiger partial charge is 0.393 e. The molecule has 1 saturated carbocycles. The molecule has 3 nitrogen and oxygen atoms in total. The van der Waals surface area contributed by atoms with Crippen molar-refractivity contribution in [3.63, 3.8) is 0 Å². The Kier molecular flexibility index (Phi) is 4.81. The molecule has 0 radical (unpaired) electrons. The molecule has 3 heteroatoms. The van der Waals surface area contributed by atoms with Crippen LogP contribution in [0.2, 0.25) is 0 Å². The molecule has 1 heterocycles. The SMILES string of the molecule is CCC(CC)n1ccc(CCCC(O)C2CC2)n1. The van der Waals surface area contributed by atoms with Crippen molar-refractivity contribution in [2.75, 3.05) is 0 Å². The summed E-state index contributed by atoms with van der Waals surface area (Å²) in [5.74, 6) is 0.604. The Bertz CT molecular complexity index is 353. The number of aliphatic hydroxyl groups is 1. The van der Waals surface area contributed by atoms with Crippen molar-refractivity contribution in [3.05, 3.63) is 18.0 Å². The number of nitrogens with zero attached hydrogens (tertiary/aromatic N) is 2. The summed E-state index contributed by atoms with van der Waals surface area (Å²) in [5.41, 5.74) is 1.17. The maximum atomic E-state index is 9.81. The zero-order valence-corrected chi connectivity index (χ0v) is 11.7. The molecule has 18 heavy (non-hydrogen) atoms. The van der Waals surface area contributed by atoms with Gasteiger partial charge in [-0.3, -0.25) is 4.68 Å². The average Bonchev–Trinajstić information content (AvgIpc) is 3.13. The van der Waals surface area contributed by atoms with Crippen LogP contribution in [0.1, 0.15) is 64.1 Å². The fraction of sp³-hybridized carbons (Fsp3) is 0.800. The molecule has 0 bridgehead atoms. The molecule has 102 valence electrons. The number of hydrogen-bond donors (Lipinski definition) is 1. The highest BCUT2D eigenvalue weighted by molar-refractivity contribution is 5.00. The maximum absolute atomic E-state index is 9.81. The predicted octanol–water partition coefficient (Wildman–Crippen LogP) is 3.34. The van der Waals surface area contributed by atoms with Crippen LogP contribution in [0.25, 0.3) is 0 Å². The highest BCUT2D eigenvalue weighted by Crippen LogP contribution is 2.34. The molecule has 0 aromatic carbocycles. The van der Waals surface area contributed by atoms with Crippen molar-refractivity contribution in [1.82, 2.24) is 9.78 Å². The molecule has 1 fully saturated rings. The van der Waals surface area contributed by atoms with Gasteiger partial charge in [-0.15, -0.1) is 0 Å². The summed E-state index contributed by atoms with van der Waals surface area (Å²) in [4.78, 5) is 0. The normalized spacial score (nSPS) is 17.3. The molecule has 1 aromatic heterocycles. The summed E-state index contributed by atoms with van der Waals surface area (Å²) >= 11 is 0. The number of rotatable bonds is 8. The van der Waals surface area contributed by atoms with Crippen LogP contribution in [0.4, 0.5) is 0 Å². The number of hydrogen-bond acceptors (Lipinski definition) is 2. The predicted molar refractivity (Wildman–Crippen MR) is 73.5 cm³/mol. The first-order chi connectivity index (χ1) is 8.74. The van der Waals surface area contributed by atoms with Gasteiger partial charge in [0.05, 0.1) is 17.8 Å². The first-order valence-corrected chi connectivity index (χ1v) is 7.46.